The Hall–Kier alpha value is -1.06. The number of hydrogen-bond acceptors (Lipinski definition) is 4. The highest BCUT2D eigenvalue weighted by atomic mass is 16.6. The Kier molecular flexibility index (Phi) is 3.43. The van der Waals surface area contributed by atoms with Crippen molar-refractivity contribution in [3.8, 4) is 0 Å². The van der Waals surface area contributed by atoms with Gasteiger partial charge in [-0.2, -0.15) is 0 Å². The van der Waals surface area contributed by atoms with Crippen molar-refractivity contribution in [2.45, 2.75) is 6.92 Å². The molecular formula is C5H10N2O2. The van der Waals surface area contributed by atoms with Crippen LogP contribution in [0.25, 0.3) is 0 Å². The minimum Gasteiger partial charge on any atom is -0.478 e. The quantitative estimate of drug-likeness (QED) is 0.338. The van der Waals surface area contributed by atoms with Crippen molar-refractivity contribution in [3.05, 3.63) is 0 Å². The molecule has 0 bridgehead atoms. The molecule has 0 saturated heterocycles. The molecule has 0 aliphatic heterocycles. The fraction of sp³-hybridized carbons (Fsp3) is 0.600. The molecule has 0 radical (unpaired) electrons. The molecule has 0 aromatic heterocycles. The minimum absolute atomic E-state index is 0.206. The average molecular weight is 130 g/mol. The van der Waals surface area contributed by atoms with E-state index in [4.69, 9.17) is 5.41 Å². The van der Waals surface area contributed by atoms with Crippen LogP contribution in [0.3, 0.4) is 0 Å². The molecule has 1 N–H and O–H groups in total. The lowest BCUT2D eigenvalue weighted by molar-refractivity contribution is 0.201. The Bertz CT molecular complexity index is 131. The van der Waals surface area contributed by atoms with Gasteiger partial charge in [-0.1, -0.05) is 0 Å². The molecule has 4 nitrogen and oxygen atoms in total. The van der Waals surface area contributed by atoms with E-state index in [1.807, 2.05) is 0 Å². The molecular weight excluding hydrogens is 120 g/mol. The van der Waals surface area contributed by atoms with E-state index in [1.165, 1.54) is 14.2 Å². The maximum absolute atomic E-state index is 7.02. The summed E-state index contributed by atoms with van der Waals surface area (Å²) in [5, 5.41) is 10.4. The summed E-state index contributed by atoms with van der Waals surface area (Å²) in [5.41, 5.74) is 0.249. The largest absolute Gasteiger partial charge is 0.478 e. The van der Waals surface area contributed by atoms with Crippen molar-refractivity contribution in [2.24, 2.45) is 5.16 Å². The Morgan fingerprint density at radius 1 is 1.44 bits per heavy atom. The summed E-state index contributed by atoms with van der Waals surface area (Å²) < 4.78 is 4.65. The third-order valence-corrected chi connectivity index (χ3v) is 0.688. The molecule has 4 heteroatoms. The Morgan fingerprint density at radius 2 is 2.00 bits per heavy atom. The van der Waals surface area contributed by atoms with E-state index in [-0.39, 0.29) is 11.6 Å². The number of ether oxygens (including phenoxy) is 1. The van der Waals surface area contributed by atoms with Crippen LogP contribution in [0, 0.1) is 5.41 Å². The Morgan fingerprint density at radius 3 is 2.11 bits per heavy atom. The summed E-state index contributed by atoms with van der Waals surface area (Å²) >= 11 is 0. The van der Waals surface area contributed by atoms with E-state index in [2.05, 4.69) is 14.7 Å². The van der Waals surface area contributed by atoms with E-state index in [9.17, 15) is 0 Å². The summed E-state index contributed by atoms with van der Waals surface area (Å²) in [7, 11) is 2.85. The van der Waals surface area contributed by atoms with Crippen LogP contribution >= 0.6 is 0 Å². The number of nitrogens with zero attached hydrogens (tertiary/aromatic N) is 1. The first-order valence-corrected chi connectivity index (χ1v) is 2.43. The zero-order valence-electron chi connectivity index (χ0n) is 5.76. The SMILES string of the molecule is CO/N=C(\OC)C(C)=N. The van der Waals surface area contributed by atoms with Crippen molar-refractivity contribution in [3.63, 3.8) is 0 Å². The van der Waals surface area contributed by atoms with Crippen LogP contribution in [-0.2, 0) is 9.57 Å². The molecule has 9 heavy (non-hydrogen) atoms. The van der Waals surface area contributed by atoms with Crippen LogP contribution in [0.1, 0.15) is 6.92 Å². The first kappa shape index (κ1) is 7.94. The first-order chi connectivity index (χ1) is 4.22. The van der Waals surface area contributed by atoms with Crippen LogP contribution in [0.2, 0.25) is 0 Å². The van der Waals surface area contributed by atoms with Crippen LogP contribution < -0.4 is 0 Å². The summed E-state index contributed by atoms with van der Waals surface area (Å²) in [6.07, 6.45) is 0. The molecule has 0 fully saturated rings. The van der Waals surface area contributed by atoms with E-state index >= 15 is 0 Å². The smallest absolute Gasteiger partial charge is 0.270 e. The van der Waals surface area contributed by atoms with Crippen molar-refractivity contribution < 1.29 is 9.57 Å². The number of rotatable bonds is 2. The molecule has 52 valence electrons. The predicted molar refractivity (Wildman–Crippen MR) is 34.9 cm³/mol. The molecule has 0 unspecified atom stereocenters. The van der Waals surface area contributed by atoms with Gasteiger partial charge in [0.25, 0.3) is 5.90 Å². The van der Waals surface area contributed by atoms with Gasteiger partial charge in [0, 0.05) is 0 Å². The van der Waals surface area contributed by atoms with Crippen molar-refractivity contribution in [1.29, 1.82) is 5.41 Å². The number of hydrogen-bond donors (Lipinski definition) is 1. The monoisotopic (exact) mass is 130 g/mol. The average Bonchev–Trinajstić information content (AvgIpc) is 1.82. The third kappa shape index (κ3) is 2.69. The zero-order chi connectivity index (χ0) is 7.28. The lowest BCUT2D eigenvalue weighted by Crippen LogP contribution is -2.11. The van der Waals surface area contributed by atoms with Gasteiger partial charge >= 0.3 is 0 Å². The van der Waals surface area contributed by atoms with E-state index in [1.54, 1.807) is 6.92 Å². The molecule has 0 amide bonds. The normalized spacial score (nSPS) is 10.8. The van der Waals surface area contributed by atoms with Crippen molar-refractivity contribution in [2.75, 3.05) is 14.2 Å². The number of nitrogens with one attached hydrogen (secondary N) is 1. The summed E-state index contributed by atoms with van der Waals surface area (Å²) in [6.45, 7) is 1.57. The van der Waals surface area contributed by atoms with Gasteiger partial charge in [0.05, 0.1) is 12.8 Å². The Labute approximate surface area is 54.0 Å². The van der Waals surface area contributed by atoms with Gasteiger partial charge in [-0.25, -0.2) is 0 Å². The summed E-state index contributed by atoms with van der Waals surface area (Å²) in [4.78, 5) is 4.38. The molecule has 0 heterocycles. The maximum atomic E-state index is 7.02. The molecule has 0 aliphatic rings. The fourth-order valence-electron chi connectivity index (χ4n) is 0.342. The van der Waals surface area contributed by atoms with Crippen LogP contribution in [0.4, 0.5) is 0 Å². The number of methoxy groups -OCH3 is 1. The highest BCUT2D eigenvalue weighted by Crippen LogP contribution is 1.82. The zero-order valence-corrected chi connectivity index (χ0v) is 5.76. The second-order valence-corrected chi connectivity index (χ2v) is 1.41. The van der Waals surface area contributed by atoms with Gasteiger partial charge in [-0.3, -0.25) is 5.41 Å². The van der Waals surface area contributed by atoms with Gasteiger partial charge in [0.15, 0.2) is 0 Å². The highest BCUT2D eigenvalue weighted by Gasteiger charge is 1.98. The third-order valence-electron chi connectivity index (χ3n) is 0.688. The maximum Gasteiger partial charge on any atom is 0.270 e. The van der Waals surface area contributed by atoms with E-state index in [0.29, 0.717) is 0 Å². The molecule has 0 rings (SSSR count). The molecule has 0 aromatic carbocycles. The lowest BCUT2D eigenvalue weighted by atomic mass is 10.4. The van der Waals surface area contributed by atoms with Crippen molar-refractivity contribution in [1.82, 2.24) is 0 Å². The van der Waals surface area contributed by atoms with Crippen LogP contribution in [0.15, 0.2) is 5.16 Å². The second-order valence-electron chi connectivity index (χ2n) is 1.41. The summed E-state index contributed by atoms with van der Waals surface area (Å²) in [6, 6.07) is 0. The molecule has 0 aliphatic carbocycles. The molecule has 0 saturated carbocycles. The van der Waals surface area contributed by atoms with Gasteiger partial charge in [-0.15, -0.1) is 0 Å². The topological polar surface area (TPSA) is 54.7 Å². The van der Waals surface area contributed by atoms with Crippen molar-refractivity contribution >= 4 is 11.6 Å². The van der Waals surface area contributed by atoms with Gasteiger partial charge in [0.1, 0.15) is 7.11 Å². The Balaban J connectivity index is 3.98. The standard InChI is InChI=1S/C5H10N2O2/c1-4(6)5(8-2)7-9-3/h6H,1-3H3/b6-4?,7-5-. The molecule has 0 atom stereocenters. The minimum atomic E-state index is 0.206. The first-order valence-electron chi connectivity index (χ1n) is 2.43. The lowest BCUT2D eigenvalue weighted by Gasteiger charge is -1.98. The molecule has 0 aromatic rings. The van der Waals surface area contributed by atoms with Gasteiger partial charge in [-0.05, 0) is 12.1 Å². The predicted octanol–water partition coefficient (Wildman–Crippen LogP) is 0.632. The fourth-order valence-corrected chi connectivity index (χ4v) is 0.342. The second kappa shape index (κ2) is 3.88. The van der Waals surface area contributed by atoms with E-state index in [0.717, 1.165) is 0 Å². The highest BCUT2D eigenvalue weighted by molar-refractivity contribution is 6.36. The summed E-state index contributed by atoms with van der Waals surface area (Å²) in [5.74, 6) is 0.206. The number of oxime groups is 1. The van der Waals surface area contributed by atoms with Gasteiger partial charge < -0.3 is 9.57 Å². The van der Waals surface area contributed by atoms with Crippen LogP contribution in [-0.4, -0.2) is 25.8 Å². The van der Waals surface area contributed by atoms with Crippen LogP contribution in [0.5, 0.6) is 0 Å². The molecule has 0 spiro atoms. The van der Waals surface area contributed by atoms with E-state index < -0.39 is 0 Å². The van der Waals surface area contributed by atoms with Gasteiger partial charge in [0.2, 0.25) is 0 Å².